The van der Waals surface area contributed by atoms with Gasteiger partial charge in [0.05, 0.1) is 26.0 Å². The van der Waals surface area contributed by atoms with Crippen LogP contribution < -0.4 is 4.74 Å². The highest BCUT2D eigenvalue weighted by molar-refractivity contribution is 6.33. The molecular weight excluding hydrogens is 403 g/mol. The average molecular weight is 423 g/mol. The van der Waals surface area contributed by atoms with Crippen molar-refractivity contribution in [1.29, 1.82) is 0 Å². The summed E-state index contributed by atoms with van der Waals surface area (Å²) < 4.78 is 29.7. The van der Waals surface area contributed by atoms with Gasteiger partial charge in [-0.05, 0) is 24.6 Å². The normalized spacial score (nSPS) is 15.8. The minimum Gasteiger partial charge on any atom is -0.495 e. The van der Waals surface area contributed by atoms with Crippen molar-refractivity contribution >= 4 is 40.5 Å². The maximum atomic E-state index is 15.0. The van der Waals surface area contributed by atoms with Gasteiger partial charge in [-0.3, -0.25) is 4.79 Å². The van der Waals surface area contributed by atoms with Crippen LogP contribution in [0, 0.1) is 5.82 Å². The smallest absolute Gasteiger partial charge is 0.330 e. The SMILES string of the molecule is COCC(=O)N1Cc2c(/C=C/C(=O)OC)nc3c(F)c(Cl)c(OC)cc3c2[C@@H]1C. The summed E-state index contributed by atoms with van der Waals surface area (Å²) in [6.07, 6.45) is 2.64. The lowest BCUT2D eigenvalue weighted by molar-refractivity contribution is -0.137. The molecule has 0 unspecified atom stereocenters. The van der Waals surface area contributed by atoms with Crippen molar-refractivity contribution in [2.45, 2.75) is 19.5 Å². The van der Waals surface area contributed by atoms with E-state index in [-0.39, 0.29) is 41.4 Å². The first-order chi connectivity index (χ1) is 13.8. The maximum absolute atomic E-state index is 15.0. The number of pyridine rings is 1. The molecule has 0 spiro atoms. The molecule has 9 heteroatoms. The molecule has 1 aromatic heterocycles. The number of nitrogens with zero attached hydrogens (tertiary/aromatic N) is 2. The fourth-order valence-electron chi connectivity index (χ4n) is 3.51. The molecule has 29 heavy (non-hydrogen) atoms. The van der Waals surface area contributed by atoms with Gasteiger partial charge in [-0.25, -0.2) is 14.2 Å². The number of esters is 1. The van der Waals surface area contributed by atoms with E-state index in [0.717, 1.165) is 5.56 Å². The predicted octanol–water partition coefficient (Wildman–Crippen LogP) is 3.27. The number of fused-ring (bicyclic) bond motifs is 3. The zero-order valence-electron chi connectivity index (χ0n) is 16.4. The third-order valence-corrected chi connectivity index (χ3v) is 5.26. The minimum atomic E-state index is -0.731. The number of carbonyl (C=O) groups is 2. The van der Waals surface area contributed by atoms with Crippen LogP contribution in [0.5, 0.6) is 5.75 Å². The van der Waals surface area contributed by atoms with Crippen LogP contribution in [0.4, 0.5) is 4.39 Å². The van der Waals surface area contributed by atoms with Gasteiger partial charge in [0.15, 0.2) is 5.82 Å². The number of amides is 1. The molecule has 0 saturated heterocycles. The fraction of sp³-hybridized carbons (Fsp3) is 0.350. The van der Waals surface area contributed by atoms with Crippen LogP contribution in [0.25, 0.3) is 17.0 Å². The van der Waals surface area contributed by atoms with E-state index in [1.54, 1.807) is 11.0 Å². The molecule has 2 aromatic rings. The molecular formula is C20H20ClFN2O5. The Morgan fingerprint density at radius 1 is 1.38 bits per heavy atom. The van der Waals surface area contributed by atoms with Gasteiger partial charge in [-0.1, -0.05) is 11.6 Å². The number of rotatable bonds is 5. The average Bonchev–Trinajstić information content (AvgIpc) is 3.06. The van der Waals surface area contributed by atoms with Gasteiger partial charge in [-0.15, -0.1) is 0 Å². The van der Waals surface area contributed by atoms with Gasteiger partial charge < -0.3 is 19.1 Å². The first kappa shape index (κ1) is 21.0. The van der Waals surface area contributed by atoms with Gasteiger partial charge >= 0.3 is 5.97 Å². The summed E-state index contributed by atoms with van der Waals surface area (Å²) in [4.78, 5) is 30.0. The predicted molar refractivity (Wildman–Crippen MR) is 105 cm³/mol. The molecule has 154 valence electrons. The molecule has 0 bridgehead atoms. The summed E-state index contributed by atoms with van der Waals surface area (Å²) in [6, 6.07) is 1.25. The van der Waals surface area contributed by atoms with Gasteiger partial charge in [0.1, 0.15) is 22.9 Å². The number of ether oxygens (including phenoxy) is 3. The molecule has 0 N–H and O–H groups in total. The first-order valence-corrected chi connectivity index (χ1v) is 9.14. The molecule has 1 amide bonds. The third kappa shape index (κ3) is 3.65. The fourth-order valence-corrected chi connectivity index (χ4v) is 3.74. The lowest BCUT2D eigenvalue weighted by atomic mass is 9.98. The Balaban J connectivity index is 2.28. The number of hydrogen-bond donors (Lipinski definition) is 0. The van der Waals surface area contributed by atoms with Crippen molar-refractivity contribution < 1.29 is 28.2 Å². The molecule has 0 aliphatic carbocycles. The number of carbonyl (C=O) groups excluding carboxylic acids is 2. The van der Waals surface area contributed by atoms with Crippen LogP contribution in [0.2, 0.25) is 5.02 Å². The molecule has 0 fully saturated rings. The summed E-state index contributed by atoms with van der Waals surface area (Å²) in [5.74, 6) is -1.35. The van der Waals surface area contributed by atoms with Crippen LogP contribution in [0.15, 0.2) is 12.1 Å². The first-order valence-electron chi connectivity index (χ1n) is 8.76. The Morgan fingerprint density at radius 3 is 2.72 bits per heavy atom. The van der Waals surface area contributed by atoms with Gasteiger partial charge in [0.2, 0.25) is 5.91 Å². The Bertz CT molecular complexity index is 1020. The van der Waals surface area contributed by atoms with E-state index < -0.39 is 11.8 Å². The summed E-state index contributed by atoms with van der Waals surface area (Å²) in [7, 11) is 4.09. The summed E-state index contributed by atoms with van der Waals surface area (Å²) in [5.41, 5.74) is 1.82. The standard InChI is InChI=1S/C20H20ClFN2O5/c1-10-17-11-7-14(28-3)18(21)19(22)20(11)23-13(5-6-16(26)29-4)12(17)8-24(10)15(25)9-27-2/h5-7,10H,8-9H2,1-4H3/b6-5+/t10-/m0/s1. The second-order valence-electron chi connectivity index (χ2n) is 6.48. The van der Waals surface area contributed by atoms with E-state index in [2.05, 4.69) is 9.72 Å². The van der Waals surface area contributed by atoms with E-state index >= 15 is 0 Å². The molecule has 1 aliphatic rings. The summed E-state index contributed by atoms with van der Waals surface area (Å²) in [5, 5.41) is 0.308. The van der Waals surface area contributed by atoms with Gasteiger partial charge in [0, 0.05) is 30.7 Å². The molecule has 2 heterocycles. The van der Waals surface area contributed by atoms with Crippen LogP contribution in [0.1, 0.15) is 29.8 Å². The van der Waals surface area contributed by atoms with Crippen molar-refractivity contribution in [3.05, 3.63) is 39.8 Å². The van der Waals surface area contributed by atoms with Crippen molar-refractivity contribution in [3.63, 3.8) is 0 Å². The van der Waals surface area contributed by atoms with Crippen LogP contribution in [0.3, 0.4) is 0 Å². The molecule has 0 saturated carbocycles. The topological polar surface area (TPSA) is 78.0 Å². The molecule has 1 atom stereocenters. The Kier molecular flexibility index (Phi) is 6.04. The lowest BCUT2D eigenvalue weighted by Gasteiger charge is -2.22. The van der Waals surface area contributed by atoms with Crippen LogP contribution in [-0.2, 0) is 25.6 Å². The number of halogens is 2. The Morgan fingerprint density at radius 2 is 2.10 bits per heavy atom. The lowest BCUT2D eigenvalue weighted by Crippen LogP contribution is -2.31. The highest BCUT2D eigenvalue weighted by atomic mass is 35.5. The van der Waals surface area contributed by atoms with E-state index in [0.29, 0.717) is 16.6 Å². The zero-order chi connectivity index (χ0) is 21.3. The van der Waals surface area contributed by atoms with Gasteiger partial charge in [0.25, 0.3) is 0 Å². The molecule has 3 rings (SSSR count). The zero-order valence-corrected chi connectivity index (χ0v) is 17.2. The number of hydrogen-bond acceptors (Lipinski definition) is 6. The van der Waals surface area contributed by atoms with Crippen molar-refractivity contribution in [1.82, 2.24) is 9.88 Å². The monoisotopic (exact) mass is 422 g/mol. The molecule has 7 nitrogen and oxygen atoms in total. The number of benzene rings is 1. The van der Waals surface area contributed by atoms with Crippen molar-refractivity contribution in [2.75, 3.05) is 27.9 Å². The minimum absolute atomic E-state index is 0.0342. The Labute approximate surface area is 172 Å². The number of methoxy groups -OCH3 is 3. The molecule has 1 aromatic carbocycles. The summed E-state index contributed by atoms with van der Waals surface area (Å²) in [6.45, 7) is 2.00. The number of aromatic nitrogens is 1. The largest absolute Gasteiger partial charge is 0.495 e. The molecule has 1 aliphatic heterocycles. The quantitative estimate of drug-likeness (QED) is 0.543. The van der Waals surface area contributed by atoms with Crippen LogP contribution in [-0.4, -0.2) is 49.7 Å². The van der Waals surface area contributed by atoms with E-state index in [9.17, 15) is 14.0 Å². The van der Waals surface area contributed by atoms with E-state index in [1.165, 1.54) is 33.5 Å². The Hall–Kier alpha value is -2.71. The second-order valence-corrected chi connectivity index (χ2v) is 6.86. The van der Waals surface area contributed by atoms with E-state index in [4.69, 9.17) is 21.1 Å². The molecule has 0 radical (unpaired) electrons. The third-order valence-electron chi connectivity index (χ3n) is 4.90. The van der Waals surface area contributed by atoms with E-state index in [1.807, 2.05) is 6.92 Å². The van der Waals surface area contributed by atoms with Crippen molar-refractivity contribution in [3.8, 4) is 5.75 Å². The highest BCUT2D eigenvalue weighted by Crippen LogP contribution is 2.43. The summed E-state index contributed by atoms with van der Waals surface area (Å²) >= 11 is 6.07. The van der Waals surface area contributed by atoms with Crippen molar-refractivity contribution in [2.24, 2.45) is 0 Å². The highest BCUT2D eigenvalue weighted by Gasteiger charge is 2.35. The van der Waals surface area contributed by atoms with Gasteiger partial charge in [-0.2, -0.15) is 0 Å². The maximum Gasteiger partial charge on any atom is 0.330 e. The van der Waals surface area contributed by atoms with Crippen LogP contribution >= 0.6 is 11.6 Å². The second kappa shape index (κ2) is 8.34.